The predicted molar refractivity (Wildman–Crippen MR) is 131 cm³/mol. The van der Waals surface area contributed by atoms with Crippen molar-refractivity contribution in [3.05, 3.63) is 59.2 Å². The minimum atomic E-state index is -4.34. The molecule has 1 aliphatic heterocycles. The Morgan fingerprint density at radius 3 is 2.56 bits per heavy atom. The predicted octanol–water partition coefficient (Wildman–Crippen LogP) is 6.35. The number of aryl methyl sites for hydroxylation is 1. The second-order valence-corrected chi connectivity index (χ2v) is 10.4. The molecule has 0 saturated carbocycles. The molecule has 1 N–H and O–H groups in total. The zero-order chi connectivity index (χ0) is 24.9. The van der Waals surface area contributed by atoms with Gasteiger partial charge in [0.1, 0.15) is 0 Å². The molecular formula is C28H39F3N2O. The van der Waals surface area contributed by atoms with Gasteiger partial charge in [0.05, 0.1) is 12.1 Å². The first-order chi connectivity index (χ1) is 16.1. The first kappa shape index (κ1) is 26.5. The summed E-state index contributed by atoms with van der Waals surface area (Å²) in [5.41, 5.74) is 1.16. The molecule has 5 atom stereocenters. The molecule has 6 heteroatoms. The maximum absolute atomic E-state index is 13.5. The number of nitrogens with one attached hydrogen (secondary N) is 1. The van der Waals surface area contributed by atoms with Crippen LogP contribution >= 0.6 is 0 Å². The van der Waals surface area contributed by atoms with Gasteiger partial charge in [-0.25, -0.2) is 0 Å². The van der Waals surface area contributed by atoms with E-state index in [0.29, 0.717) is 30.8 Å². The van der Waals surface area contributed by atoms with E-state index in [2.05, 4.69) is 55.3 Å². The topological polar surface area (TPSA) is 32.3 Å². The average molecular weight is 477 g/mol. The van der Waals surface area contributed by atoms with Crippen LogP contribution in [0, 0.1) is 30.6 Å². The van der Waals surface area contributed by atoms with Crippen LogP contribution in [0.1, 0.15) is 62.6 Å². The van der Waals surface area contributed by atoms with Crippen molar-refractivity contribution in [2.24, 2.45) is 23.7 Å². The standard InChI is InChI=1S/C28H39F3N2O/c1-19(17-33-15-14-32-27(34)18-33)10-13-25(21(3)23-8-6-5-7-9-23)22(4)26-16-24(28(29,30)31)12-11-20(26)2/h5-8,11-12,16,19,21-23,25H,9-10,13-15,17-18H2,1-4H3,(H,32,34)/t19-,21+,22+,23?,25+/m1/s1. The zero-order valence-corrected chi connectivity index (χ0v) is 20.9. The number of piperazine rings is 1. The van der Waals surface area contributed by atoms with E-state index in [1.807, 2.05) is 6.92 Å². The van der Waals surface area contributed by atoms with Crippen LogP contribution in [0.2, 0.25) is 0 Å². The number of allylic oxidation sites excluding steroid dienone is 4. The fourth-order valence-electron chi connectivity index (χ4n) is 5.67. The highest BCUT2D eigenvalue weighted by atomic mass is 19.4. The number of halogens is 3. The van der Waals surface area contributed by atoms with Gasteiger partial charge < -0.3 is 5.32 Å². The number of rotatable bonds is 9. The van der Waals surface area contributed by atoms with Crippen molar-refractivity contribution >= 4 is 5.91 Å². The SMILES string of the molecule is Cc1ccc(C(F)(F)F)cc1[C@@H](C)[C@@H](CC[C@@H](C)CN1CCNC(=O)C1)[C@@H](C)C1C=CC=CC1. The van der Waals surface area contributed by atoms with Gasteiger partial charge in [-0.05, 0) is 79.0 Å². The van der Waals surface area contributed by atoms with Crippen molar-refractivity contribution < 1.29 is 18.0 Å². The van der Waals surface area contributed by atoms with Crippen molar-refractivity contribution in [1.82, 2.24) is 10.2 Å². The van der Waals surface area contributed by atoms with Crippen LogP contribution in [-0.4, -0.2) is 37.0 Å². The number of hydrogen-bond donors (Lipinski definition) is 1. The average Bonchev–Trinajstić information content (AvgIpc) is 2.79. The maximum Gasteiger partial charge on any atom is 0.416 e. The van der Waals surface area contributed by atoms with Gasteiger partial charge in [0.2, 0.25) is 5.91 Å². The van der Waals surface area contributed by atoms with Crippen molar-refractivity contribution in [2.75, 3.05) is 26.2 Å². The fraction of sp³-hybridized carbons (Fsp3) is 0.607. The van der Waals surface area contributed by atoms with Crippen LogP contribution < -0.4 is 5.32 Å². The molecule has 1 amide bonds. The van der Waals surface area contributed by atoms with Gasteiger partial charge in [-0.15, -0.1) is 0 Å². The number of benzene rings is 1. The van der Waals surface area contributed by atoms with E-state index in [-0.39, 0.29) is 17.7 Å². The maximum atomic E-state index is 13.5. The quantitative estimate of drug-likeness (QED) is 0.450. The monoisotopic (exact) mass is 476 g/mol. The third-order valence-electron chi connectivity index (χ3n) is 7.78. The fourth-order valence-corrected chi connectivity index (χ4v) is 5.67. The molecule has 2 aliphatic rings. The van der Waals surface area contributed by atoms with Gasteiger partial charge in [0.15, 0.2) is 0 Å². The van der Waals surface area contributed by atoms with Gasteiger partial charge in [-0.2, -0.15) is 13.2 Å². The third kappa shape index (κ3) is 6.97. The molecule has 1 fully saturated rings. The molecule has 1 heterocycles. The van der Waals surface area contributed by atoms with Gasteiger partial charge >= 0.3 is 6.18 Å². The van der Waals surface area contributed by atoms with Crippen LogP contribution in [-0.2, 0) is 11.0 Å². The zero-order valence-electron chi connectivity index (χ0n) is 20.9. The Hall–Kier alpha value is -2.08. The van der Waals surface area contributed by atoms with Gasteiger partial charge in [0, 0.05) is 19.6 Å². The Bertz CT molecular complexity index is 892. The Labute approximate surface area is 202 Å². The van der Waals surface area contributed by atoms with E-state index < -0.39 is 11.7 Å². The molecule has 3 nitrogen and oxygen atoms in total. The van der Waals surface area contributed by atoms with E-state index in [4.69, 9.17) is 0 Å². The minimum Gasteiger partial charge on any atom is -0.354 e. The van der Waals surface area contributed by atoms with Crippen LogP contribution in [0.4, 0.5) is 13.2 Å². The van der Waals surface area contributed by atoms with Crippen molar-refractivity contribution in [3.63, 3.8) is 0 Å². The molecule has 1 aliphatic carbocycles. The summed E-state index contributed by atoms with van der Waals surface area (Å²) in [7, 11) is 0. The summed E-state index contributed by atoms with van der Waals surface area (Å²) in [5.74, 6) is 1.51. The molecule has 1 saturated heterocycles. The third-order valence-corrected chi connectivity index (χ3v) is 7.78. The first-order valence-corrected chi connectivity index (χ1v) is 12.6. The molecular weight excluding hydrogens is 437 g/mol. The summed E-state index contributed by atoms with van der Waals surface area (Å²) in [6.07, 6.45) is 7.16. The number of nitrogens with zero attached hydrogens (tertiary/aromatic N) is 1. The molecule has 1 unspecified atom stereocenters. The minimum absolute atomic E-state index is 0.0181. The molecule has 1 aromatic carbocycles. The second-order valence-electron chi connectivity index (χ2n) is 10.4. The van der Waals surface area contributed by atoms with E-state index in [0.717, 1.165) is 43.5 Å². The Morgan fingerprint density at radius 1 is 1.15 bits per heavy atom. The largest absolute Gasteiger partial charge is 0.416 e. The Balaban J connectivity index is 1.77. The Kier molecular flexibility index (Phi) is 9.02. The molecule has 0 spiro atoms. The summed E-state index contributed by atoms with van der Waals surface area (Å²) in [4.78, 5) is 13.9. The van der Waals surface area contributed by atoms with E-state index in [1.54, 1.807) is 6.07 Å². The summed E-state index contributed by atoms with van der Waals surface area (Å²) >= 11 is 0. The molecule has 188 valence electrons. The smallest absolute Gasteiger partial charge is 0.354 e. The number of carbonyl (C=O) groups excluding carboxylic acids is 1. The molecule has 0 bridgehead atoms. The summed E-state index contributed by atoms with van der Waals surface area (Å²) in [6.45, 7) is 11.4. The number of alkyl halides is 3. The lowest BCUT2D eigenvalue weighted by molar-refractivity contribution is -0.137. The molecule has 0 radical (unpaired) electrons. The normalized spacial score (nSPS) is 22.8. The van der Waals surface area contributed by atoms with Gasteiger partial charge in [-0.1, -0.05) is 51.1 Å². The van der Waals surface area contributed by atoms with Crippen LogP contribution in [0.3, 0.4) is 0 Å². The number of amides is 1. The molecule has 3 rings (SSSR count). The lowest BCUT2D eigenvalue weighted by atomic mass is 9.69. The number of hydrogen-bond acceptors (Lipinski definition) is 2. The lowest BCUT2D eigenvalue weighted by Crippen LogP contribution is -2.48. The van der Waals surface area contributed by atoms with Gasteiger partial charge in [0.25, 0.3) is 0 Å². The van der Waals surface area contributed by atoms with Gasteiger partial charge in [-0.3, -0.25) is 9.69 Å². The highest BCUT2D eigenvalue weighted by Gasteiger charge is 2.34. The van der Waals surface area contributed by atoms with Crippen LogP contribution in [0.15, 0.2) is 42.5 Å². The van der Waals surface area contributed by atoms with Crippen molar-refractivity contribution in [3.8, 4) is 0 Å². The van der Waals surface area contributed by atoms with E-state index >= 15 is 0 Å². The molecule has 0 aromatic heterocycles. The first-order valence-electron chi connectivity index (χ1n) is 12.6. The lowest BCUT2D eigenvalue weighted by Gasteiger charge is -2.36. The Morgan fingerprint density at radius 2 is 1.91 bits per heavy atom. The summed E-state index contributed by atoms with van der Waals surface area (Å²) in [6, 6.07) is 4.17. The molecule has 1 aromatic rings. The number of carbonyl (C=O) groups is 1. The highest BCUT2D eigenvalue weighted by Crippen LogP contribution is 2.42. The van der Waals surface area contributed by atoms with Crippen LogP contribution in [0.5, 0.6) is 0 Å². The highest BCUT2D eigenvalue weighted by molar-refractivity contribution is 5.78. The molecule has 34 heavy (non-hydrogen) atoms. The van der Waals surface area contributed by atoms with Crippen molar-refractivity contribution in [2.45, 2.75) is 59.1 Å². The van der Waals surface area contributed by atoms with E-state index in [1.165, 1.54) is 12.1 Å². The summed E-state index contributed by atoms with van der Waals surface area (Å²) < 4.78 is 40.4. The second kappa shape index (κ2) is 11.6. The summed E-state index contributed by atoms with van der Waals surface area (Å²) in [5, 5.41) is 2.87. The van der Waals surface area contributed by atoms with Crippen molar-refractivity contribution in [1.29, 1.82) is 0 Å². The van der Waals surface area contributed by atoms with Crippen LogP contribution in [0.25, 0.3) is 0 Å². The van der Waals surface area contributed by atoms with E-state index in [9.17, 15) is 18.0 Å².